The largest absolute Gasteiger partial charge is 0.310 e. The third kappa shape index (κ3) is 5.57. The lowest BCUT2D eigenvalue weighted by Gasteiger charge is -2.28. The Hall–Kier alpha value is -0.650. The summed E-state index contributed by atoms with van der Waals surface area (Å²) in [6.07, 6.45) is 1.89. The van der Waals surface area contributed by atoms with E-state index in [4.69, 9.17) is 0 Å². The first-order chi connectivity index (χ1) is 10.2. The summed E-state index contributed by atoms with van der Waals surface area (Å²) in [7, 11) is 0. The SMILES string of the molecule is CCCNC(CCN1CCSCC1)c1cc(F)cc(F)c1. The first kappa shape index (κ1) is 16.7. The van der Waals surface area contributed by atoms with Crippen molar-refractivity contribution in [3.05, 3.63) is 35.4 Å². The lowest BCUT2D eigenvalue weighted by molar-refractivity contribution is 0.280. The van der Waals surface area contributed by atoms with E-state index in [1.54, 1.807) is 0 Å². The van der Waals surface area contributed by atoms with Gasteiger partial charge in [-0.05, 0) is 37.1 Å². The van der Waals surface area contributed by atoms with E-state index in [1.807, 2.05) is 11.8 Å². The maximum Gasteiger partial charge on any atom is 0.126 e. The van der Waals surface area contributed by atoms with E-state index in [0.717, 1.165) is 45.1 Å². The molecular formula is C16H24F2N2S. The van der Waals surface area contributed by atoms with E-state index in [1.165, 1.54) is 23.6 Å². The molecule has 0 aromatic heterocycles. The topological polar surface area (TPSA) is 15.3 Å². The van der Waals surface area contributed by atoms with Gasteiger partial charge in [-0.25, -0.2) is 8.78 Å². The summed E-state index contributed by atoms with van der Waals surface area (Å²) in [5, 5.41) is 3.41. The third-order valence-electron chi connectivity index (χ3n) is 3.77. The number of nitrogens with one attached hydrogen (secondary N) is 1. The summed E-state index contributed by atoms with van der Waals surface area (Å²) < 4.78 is 26.8. The number of hydrogen-bond donors (Lipinski definition) is 1. The Morgan fingerprint density at radius 1 is 1.19 bits per heavy atom. The molecule has 2 rings (SSSR count). The number of nitrogens with zero attached hydrogens (tertiary/aromatic N) is 1. The van der Waals surface area contributed by atoms with E-state index >= 15 is 0 Å². The minimum absolute atomic E-state index is 0.0183. The van der Waals surface area contributed by atoms with Crippen molar-refractivity contribution in [3.63, 3.8) is 0 Å². The average molecular weight is 314 g/mol. The predicted molar refractivity (Wildman–Crippen MR) is 85.8 cm³/mol. The number of halogens is 2. The van der Waals surface area contributed by atoms with Gasteiger partial charge in [0.2, 0.25) is 0 Å². The van der Waals surface area contributed by atoms with Gasteiger partial charge in [0.15, 0.2) is 0 Å². The van der Waals surface area contributed by atoms with Gasteiger partial charge in [0, 0.05) is 43.2 Å². The third-order valence-corrected chi connectivity index (χ3v) is 4.71. The molecule has 0 bridgehead atoms. The zero-order valence-corrected chi connectivity index (χ0v) is 13.4. The number of hydrogen-bond acceptors (Lipinski definition) is 3. The van der Waals surface area contributed by atoms with Crippen molar-refractivity contribution in [2.45, 2.75) is 25.8 Å². The fourth-order valence-electron chi connectivity index (χ4n) is 2.62. The standard InChI is InChI=1S/C16H24F2N2S/c1-2-4-19-16(3-5-20-6-8-21-9-7-20)13-10-14(17)12-15(18)11-13/h10-12,16,19H,2-9H2,1H3. The lowest BCUT2D eigenvalue weighted by atomic mass is 10.0. The summed E-state index contributed by atoms with van der Waals surface area (Å²) >= 11 is 1.99. The second-order valence-electron chi connectivity index (χ2n) is 5.45. The van der Waals surface area contributed by atoms with Crippen LogP contribution in [0.4, 0.5) is 8.78 Å². The second-order valence-corrected chi connectivity index (χ2v) is 6.68. The first-order valence-corrected chi connectivity index (χ1v) is 8.84. The molecule has 1 aromatic rings. The molecule has 0 aliphatic carbocycles. The van der Waals surface area contributed by atoms with Gasteiger partial charge < -0.3 is 10.2 Å². The van der Waals surface area contributed by atoms with E-state index in [9.17, 15) is 8.78 Å². The maximum absolute atomic E-state index is 13.4. The van der Waals surface area contributed by atoms with Crippen LogP contribution in [0.15, 0.2) is 18.2 Å². The van der Waals surface area contributed by atoms with Gasteiger partial charge >= 0.3 is 0 Å². The van der Waals surface area contributed by atoms with Gasteiger partial charge in [0.05, 0.1) is 0 Å². The Morgan fingerprint density at radius 3 is 2.48 bits per heavy atom. The zero-order chi connectivity index (χ0) is 15.1. The fourth-order valence-corrected chi connectivity index (χ4v) is 3.60. The van der Waals surface area contributed by atoms with Crippen molar-refractivity contribution >= 4 is 11.8 Å². The molecule has 5 heteroatoms. The van der Waals surface area contributed by atoms with Gasteiger partial charge in [-0.3, -0.25) is 0 Å². The Kier molecular flexibility index (Phi) is 6.93. The Morgan fingerprint density at radius 2 is 1.86 bits per heavy atom. The lowest BCUT2D eigenvalue weighted by Crippen LogP contribution is -2.35. The van der Waals surface area contributed by atoms with Crippen molar-refractivity contribution in [1.82, 2.24) is 10.2 Å². The van der Waals surface area contributed by atoms with Gasteiger partial charge in [0.1, 0.15) is 11.6 Å². The summed E-state index contributed by atoms with van der Waals surface area (Å²) in [4.78, 5) is 2.44. The molecule has 0 spiro atoms. The molecule has 1 aromatic carbocycles. The van der Waals surface area contributed by atoms with Crippen LogP contribution in [-0.2, 0) is 0 Å². The fraction of sp³-hybridized carbons (Fsp3) is 0.625. The van der Waals surface area contributed by atoms with Gasteiger partial charge in [-0.1, -0.05) is 6.92 Å². The Bertz CT molecular complexity index is 416. The van der Waals surface area contributed by atoms with Crippen LogP contribution >= 0.6 is 11.8 Å². The normalized spacial score (nSPS) is 17.9. The number of thioether (sulfide) groups is 1. The predicted octanol–water partition coefficient (Wildman–Crippen LogP) is 3.44. The summed E-state index contributed by atoms with van der Waals surface area (Å²) in [5.74, 6) is 1.37. The molecule has 0 radical (unpaired) electrons. The highest BCUT2D eigenvalue weighted by molar-refractivity contribution is 7.99. The molecule has 1 unspecified atom stereocenters. The highest BCUT2D eigenvalue weighted by atomic mass is 32.2. The minimum Gasteiger partial charge on any atom is -0.310 e. The van der Waals surface area contributed by atoms with Crippen LogP contribution in [0.3, 0.4) is 0 Å². The van der Waals surface area contributed by atoms with E-state index in [2.05, 4.69) is 17.1 Å². The van der Waals surface area contributed by atoms with Crippen LogP contribution in [0.25, 0.3) is 0 Å². The highest BCUT2D eigenvalue weighted by Crippen LogP contribution is 2.21. The maximum atomic E-state index is 13.4. The van der Waals surface area contributed by atoms with Crippen molar-refractivity contribution in [3.8, 4) is 0 Å². The summed E-state index contributed by atoms with van der Waals surface area (Å²) in [6, 6.07) is 3.84. The average Bonchev–Trinajstić information content (AvgIpc) is 2.47. The van der Waals surface area contributed by atoms with Crippen molar-refractivity contribution in [2.24, 2.45) is 0 Å². The van der Waals surface area contributed by atoms with Crippen LogP contribution < -0.4 is 5.32 Å². The molecule has 1 fully saturated rings. The molecular weight excluding hydrogens is 290 g/mol. The molecule has 1 heterocycles. The quantitative estimate of drug-likeness (QED) is 0.830. The smallest absolute Gasteiger partial charge is 0.126 e. The molecule has 1 aliphatic heterocycles. The highest BCUT2D eigenvalue weighted by Gasteiger charge is 2.16. The van der Waals surface area contributed by atoms with Gasteiger partial charge in [-0.2, -0.15) is 11.8 Å². The summed E-state index contributed by atoms with van der Waals surface area (Å²) in [6.45, 7) is 6.15. The molecule has 1 N–H and O–H groups in total. The Balaban J connectivity index is 1.98. The molecule has 21 heavy (non-hydrogen) atoms. The van der Waals surface area contributed by atoms with Crippen LogP contribution in [0, 0.1) is 11.6 Å². The number of benzene rings is 1. The van der Waals surface area contributed by atoms with E-state index < -0.39 is 11.6 Å². The van der Waals surface area contributed by atoms with Crippen LogP contribution in [-0.4, -0.2) is 42.6 Å². The zero-order valence-electron chi connectivity index (χ0n) is 12.6. The van der Waals surface area contributed by atoms with Crippen molar-refractivity contribution in [2.75, 3.05) is 37.7 Å². The molecule has 118 valence electrons. The molecule has 0 amide bonds. The van der Waals surface area contributed by atoms with E-state index in [0.29, 0.717) is 5.56 Å². The molecule has 1 atom stereocenters. The second kappa shape index (κ2) is 8.71. The van der Waals surface area contributed by atoms with Crippen LogP contribution in [0.5, 0.6) is 0 Å². The first-order valence-electron chi connectivity index (χ1n) is 7.68. The van der Waals surface area contributed by atoms with Crippen LogP contribution in [0.2, 0.25) is 0 Å². The molecule has 0 saturated carbocycles. The van der Waals surface area contributed by atoms with Crippen LogP contribution in [0.1, 0.15) is 31.4 Å². The van der Waals surface area contributed by atoms with Gasteiger partial charge in [-0.15, -0.1) is 0 Å². The Labute approximate surface area is 130 Å². The molecule has 1 aliphatic rings. The monoisotopic (exact) mass is 314 g/mol. The van der Waals surface area contributed by atoms with Crippen molar-refractivity contribution < 1.29 is 8.78 Å². The molecule has 1 saturated heterocycles. The minimum atomic E-state index is -0.498. The number of rotatable bonds is 7. The van der Waals surface area contributed by atoms with E-state index in [-0.39, 0.29) is 6.04 Å². The van der Waals surface area contributed by atoms with Crippen molar-refractivity contribution in [1.29, 1.82) is 0 Å². The van der Waals surface area contributed by atoms with Gasteiger partial charge in [0.25, 0.3) is 0 Å². The molecule has 2 nitrogen and oxygen atoms in total. The summed E-state index contributed by atoms with van der Waals surface area (Å²) in [5.41, 5.74) is 0.715.